The molecule has 35 heavy (non-hydrogen) atoms. The zero-order valence-electron chi connectivity index (χ0n) is 18.6. The van der Waals surface area contributed by atoms with Gasteiger partial charge in [-0.05, 0) is 77.6 Å². The number of carbonyl (C=O) groups is 5. The van der Waals surface area contributed by atoms with Crippen LogP contribution >= 0.6 is 22.6 Å². The molecule has 0 aliphatic carbocycles. The zero-order chi connectivity index (χ0) is 25.7. The summed E-state index contributed by atoms with van der Waals surface area (Å²) in [7, 11) is 1.23. The van der Waals surface area contributed by atoms with Crippen molar-refractivity contribution < 1.29 is 38.2 Å². The number of hydrogen-bond donors (Lipinski definition) is 2. The standard InChI is InChI=1S/C23H20IN3O8/c1-3-34-17-10-12(9-16(24)19(17)35-11-18(25)28)8-15-20(29)26-23(32)27(21(15)30)14-6-4-13(5-7-14)22(31)33-2/h4-10H,3,11H2,1-2H3,(H2,25,28)(H,26,29,32)/b15-8+. The molecule has 0 radical (unpaired) electrons. The van der Waals surface area contributed by atoms with Gasteiger partial charge in [-0.3, -0.25) is 19.7 Å². The molecule has 12 heteroatoms. The van der Waals surface area contributed by atoms with Gasteiger partial charge in [0.25, 0.3) is 17.7 Å². The first-order valence-electron chi connectivity index (χ1n) is 10.1. The lowest BCUT2D eigenvalue weighted by atomic mass is 10.1. The molecule has 0 saturated carbocycles. The van der Waals surface area contributed by atoms with Crippen LogP contribution in [0.15, 0.2) is 42.0 Å². The van der Waals surface area contributed by atoms with Crippen LogP contribution in [0.3, 0.4) is 0 Å². The number of amides is 5. The van der Waals surface area contributed by atoms with Gasteiger partial charge in [0.15, 0.2) is 18.1 Å². The third kappa shape index (κ3) is 5.77. The van der Waals surface area contributed by atoms with E-state index in [1.807, 2.05) is 22.6 Å². The Kier molecular flexibility index (Phi) is 8.06. The maximum Gasteiger partial charge on any atom is 0.337 e. The van der Waals surface area contributed by atoms with Crippen LogP contribution in [0.1, 0.15) is 22.8 Å². The van der Waals surface area contributed by atoms with Crippen LogP contribution in [0.5, 0.6) is 11.5 Å². The second-order valence-electron chi connectivity index (χ2n) is 7.01. The van der Waals surface area contributed by atoms with Crippen LogP contribution in [-0.4, -0.2) is 50.0 Å². The summed E-state index contributed by atoms with van der Waals surface area (Å²) in [5.74, 6) is -2.40. The Balaban J connectivity index is 1.98. The molecule has 0 spiro atoms. The predicted octanol–water partition coefficient (Wildman–Crippen LogP) is 2.01. The number of nitrogens with two attached hydrogens (primary N) is 1. The van der Waals surface area contributed by atoms with Crippen LogP contribution in [-0.2, 0) is 19.1 Å². The molecule has 1 fully saturated rings. The van der Waals surface area contributed by atoms with Crippen LogP contribution in [0.4, 0.5) is 10.5 Å². The summed E-state index contributed by atoms with van der Waals surface area (Å²) in [4.78, 5) is 61.6. The van der Waals surface area contributed by atoms with Crippen molar-refractivity contribution in [1.82, 2.24) is 5.32 Å². The van der Waals surface area contributed by atoms with Gasteiger partial charge < -0.3 is 19.9 Å². The van der Waals surface area contributed by atoms with Crippen LogP contribution < -0.4 is 25.4 Å². The summed E-state index contributed by atoms with van der Waals surface area (Å²) in [6, 6.07) is 7.77. The number of imide groups is 2. The number of anilines is 1. The zero-order valence-corrected chi connectivity index (χ0v) is 20.8. The molecule has 1 saturated heterocycles. The SMILES string of the molecule is CCOc1cc(/C=C2\C(=O)NC(=O)N(c3ccc(C(=O)OC)cc3)C2=O)cc(I)c1OCC(N)=O. The van der Waals surface area contributed by atoms with Crippen LogP contribution in [0.25, 0.3) is 6.08 Å². The Morgan fingerprint density at radius 2 is 1.80 bits per heavy atom. The molecule has 0 atom stereocenters. The van der Waals surface area contributed by atoms with Crippen molar-refractivity contribution in [3.05, 3.63) is 56.7 Å². The molecule has 11 nitrogen and oxygen atoms in total. The monoisotopic (exact) mass is 593 g/mol. The topological polar surface area (TPSA) is 154 Å². The van der Waals surface area contributed by atoms with Gasteiger partial charge in [-0.15, -0.1) is 0 Å². The normalized spacial score (nSPS) is 14.5. The van der Waals surface area contributed by atoms with E-state index in [1.54, 1.807) is 13.0 Å². The van der Waals surface area contributed by atoms with Gasteiger partial charge in [-0.1, -0.05) is 0 Å². The van der Waals surface area contributed by atoms with E-state index in [1.165, 1.54) is 43.5 Å². The van der Waals surface area contributed by atoms with Gasteiger partial charge in [0, 0.05) is 0 Å². The van der Waals surface area contributed by atoms with Crippen molar-refractivity contribution in [3.8, 4) is 11.5 Å². The second-order valence-corrected chi connectivity index (χ2v) is 8.18. The first-order chi connectivity index (χ1) is 16.7. The number of methoxy groups -OCH3 is 1. The van der Waals surface area contributed by atoms with E-state index < -0.39 is 29.7 Å². The fourth-order valence-corrected chi connectivity index (χ4v) is 3.92. The smallest absolute Gasteiger partial charge is 0.337 e. The molecule has 3 N–H and O–H groups in total. The maximum atomic E-state index is 13.1. The number of hydrogen-bond acceptors (Lipinski definition) is 8. The lowest BCUT2D eigenvalue weighted by molar-refractivity contribution is -0.123. The molecular formula is C23H20IN3O8. The number of urea groups is 1. The van der Waals surface area contributed by atoms with Gasteiger partial charge in [-0.25, -0.2) is 14.5 Å². The summed E-state index contributed by atoms with van der Waals surface area (Å²) < 4.78 is 16.2. The highest BCUT2D eigenvalue weighted by molar-refractivity contribution is 14.1. The van der Waals surface area contributed by atoms with Gasteiger partial charge in [0.2, 0.25) is 0 Å². The first-order valence-corrected chi connectivity index (χ1v) is 11.2. The van der Waals surface area contributed by atoms with E-state index in [-0.39, 0.29) is 41.5 Å². The van der Waals surface area contributed by atoms with E-state index in [9.17, 15) is 24.0 Å². The number of ether oxygens (including phenoxy) is 3. The molecule has 2 aromatic carbocycles. The minimum Gasteiger partial charge on any atom is -0.490 e. The molecule has 3 rings (SSSR count). The van der Waals surface area contributed by atoms with Gasteiger partial charge in [0.1, 0.15) is 5.57 Å². The molecule has 1 heterocycles. The quantitative estimate of drug-likeness (QED) is 0.204. The molecule has 2 aromatic rings. The fraction of sp³-hybridized carbons (Fsp3) is 0.174. The number of nitrogens with one attached hydrogen (secondary N) is 1. The highest BCUT2D eigenvalue weighted by atomic mass is 127. The number of primary amides is 1. The lowest BCUT2D eigenvalue weighted by Crippen LogP contribution is -2.54. The van der Waals surface area contributed by atoms with Crippen LogP contribution in [0.2, 0.25) is 0 Å². The van der Waals surface area contributed by atoms with Gasteiger partial charge in [-0.2, -0.15) is 0 Å². The van der Waals surface area contributed by atoms with Crippen LogP contribution in [0, 0.1) is 3.57 Å². The summed E-state index contributed by atoms with van der Waals surface area (Å²) in [5, 5.41) is 2.13. The summed E-state index contributed by atoms with van der Waals surface area (Å²) in [6.45, 7) is 1.68. The van der Waals surface area contributed by atoms with Crippen molar-refractivity contribution in [2.45, 2.75) is 6.92 Å². The number of carbonyl (C=O) groups excluding carboxylic acids is 5. The highest BCUT2D eigenvalue weighted by Crippen LogP contribution is 2.35. The summed E-state index contributed by atoms with van der Waals surface area (Å²) >= 11 is 1.96. The Morgan fingerprint density at radius 1 is 1.11 bits per heavy atom. The Labute approximate surface area is 213 Å². The van der Waals surface area contributed by atoms with Crippen molar-refractivity contribution in [1.29, 1.82) is 0 Å². The molecule has 0 unspecified atom stereocenters. The Morgan fingerprint density at radius 3 is 2.40 bits per heavy atom. The molecule has 0 aromatic heterocycles. The Hall–Kier alpha value is -3.94. The summed E-state index contributed by atoms with van der Waals surface area (Å²) in [5.41, 5.74) is 5.64. The number of nitrogens with zero attached hydrogens (tertiary/aromatic N) is 1. The number of barbiturate groups is 1. The lowest BCUT2D eigenvalue weighted by Gasteiger charge is -2.26. The third-order valence-corrected chi connectivity index (χ3v) is 5.45. The van der Waals surface area contributed by atoms with E-state index in [0.29, 0.717) is 9.13 Å². The second kappa shape index (κ2) is 11.0. The predicted molar refractivity (Wildman–Crippen MR) is 132 cm³/mol. The largest absolute Gasteiger partial charge is 0.490 e. The molecule has 182 valence electrons. The van der Waals surface area contributed by atoms with Crippen molar-refractivity contribution in [2.24, 2.45) is 5.73 Å². The van der Waals surface area contributed by atoms with E-state index in [4.69, 9.17) is 15.2 Å². The minimum absolute atomic E-state index is 0.151. The molecular weight excluding hydrogens is 573 g/mol. The van der Waals surface area contributed by atoms with Crippen molar-refractivity contribution in [3.63, 3.8) is 0 Å². The number of benzene rings is 2. The average molecular weight is 593 g/mol. The van der Waals surface area contributed by atoms with Crippen molar-refractivity contribution >= 4 is 64.1 Å². The highest BCUT2D eigenvalue weighted by Gasteiger charge is 2.37. The molecule has 1 aliphatic rings. The van der Waals surface area contributed by atoms with E-state index in [0.717, 1.165) is 4.90 Å². The average Bonchev–Trinajstić information content (AvgIpc) is 2.81. The van der Waals surface area contributed by atoms with Gasteiger partial charge in [0.05, 0.1) is 28.5 Å². The summed E-state index contributed by atoms with van der Waals surface area (Å²) in [6.07, 6.45) is 1.31. The van der Waals surface area contributed by atoms with E-state index >= 15 is 0 Å². The fourth-order valence-electron chi connectivity index (χ4n) is 3.14. The number of esters is 1. The van der Waals surface area contributed by atoms with Crippen molar-refractivity contribution in [2.75, 3.05) is 25.2 Å². The van der Waals surface area contributed by atoms with Gasteiger partial charge >= 0.3 is 12.0 Å². The molecule has 0 bridgehead atoms. The minimum atomic E-state index is -0.928. The van der Waals surface area contributed by atoms with E-state index in [2.05, 4.69) is 10.1 Å². The number of halogens is 1. The molecule has 5 amide bonds. The number of rotatable bonds is 8. The first kappa shape index (κ1) is 25.7. The molecule has 1 aliphatic heterocycles. The maximum absolute atomic E-state index is 13.1. The third-order valence-electron chi connectivity index (χ3n) is 4.65. The Bertz CT molecular complexity index is 1240.